The van der Waals surface area contributed by atoms with E-state index in [1.807, 2.05) is 24.3 Å². The Morgan fingerprint density at radius 1 is 1.09 bits per heavy atom. The molecule has 0 radical (unpaired) electrons. The quantitative estimate of drug-likeness (QED) is 0.317. The number of esters is 1. The molecule has 4 rings (SSSR count). The average Bonchev–Trinajstić information content (AvgIpc) is 2.71. The second-order valence-electron chi connectivity index (χ2n) is 6.09. The minimum Gasteiger partial charge on any atom is -0.412 e. The van der Waals surface area contributed by atoms with Crippen LogP contribution in [-0.2, 0) is 30.7 Å². The first kappa shape index (κ1) is 14.0. The number of alkyl halides is 1. The van der Waals surface area contributed by atoms with Crippen LogP contribution in [-0.4, -0.2) is 35.5 Å². The number of hydrogen-bond donors (Lipinski definition) is 0. The van der Waals surface area contributed by atoms with E-state index in [4.69, 9.17) is 21.1 Å². The van der Waals surface area contributed by atoms with Crippen LogP contribution in [0.25, 0.3) is 0 Å². The summed E-state index contributed by atoms with van der Waals surface area (Å²) in [5, 5.41) is -1.53. The van der Waals surface area contributed by atoms with E-state index >= 15 is 0 Å². The van der Waals surface area contributed by atoms with Gasteiger partial charge >= 0.3 is 11.9 Å². The lowest BCUT2D eigenvalue weighted by atomic mass is 9.83. The molecule has 116 valence electrons. The number of aryl methyl sites for hydroxylation is 1. The predicted octanol–water partition coefficient (Wildman–Crippen LogP) is 1.92. The maximum atomic E-state index is 12.5. The van der Waals surface area contributed by atoms with Crippen molar-refractivity contribution < 1.29 is 19.1 Å². The van der Waals surface area contributed by atoms with Gasteiger partial charge in [-0.3, -0.25) is 9.69 Å². The van der Waals surface area contributed by atoms with Gasteiger partial charge in [0.05, 0.1) is 5.54 Å². The smallest absolute Gasteiger partial charge is 0.400 e. The summed E-state index contributed by atoms with van der Waals surface area (Å²) in [6.07, 6.45) is 2.88. The van der Waals surface area contributed by atoms with Crippen LogP contribution in [0.15, 0.2) is 24.3 Å². The molecule has 3 aliphatic heterocycles. The molecule has 2 saturated heterocycles. The van der Waals surface area contributed by atoms with Crippen LogP contribution >= 0.6 is 11.6 Å². The highest BCUT2D eigenvalue weighted by atomic mass is 35.5. The molecule has 6 heteroatoms. The van der Waals surface area contributed by atoms with Crippen LogP contribution in [0.1, 0.15) is 30.4 Å². The van der Waals surface area contributed by atoms with E-state index in [1.54, 1.807) is 0 Å². The lowest BCUT2D eigenvalue weighted by molar-refractivity contribution is -0.150. The van der Waals surface area contributed by atoms with Gasteiger partial charge in [-0.15, -0.1) is 0 Å². The SMILES string of the molecule is O=C1OC2(Cl)c3ccccc3CCC3(CCOCC3)N2C1=O. The fourth-order valence-electron chi connectivity index (χ4n) is 3.87. The van der Waals surface area contributed by atoms with Crippen molar-refractivity contribution in [2.24, 2.45) is 0 Å². The van der Waals surface area contributed by atoms with Crippen LogP contribution in [0, 0.1) is 0 Å². The molecule has 2 fully saturated rings. The van der Waals surface area contributed by atoms with Crippen molar-refractivity contribution in [1.82, 2.24) is 4.90 Å². The standard InChI is InChI=1S/C16H16ClNO4/c17-16-12-4-2-1-3-11(12)5-6-15(7-9-21-10-8-15)18(16)13(19)14(20)22-16/h1-4H,5-10H2. The third-order valence-corrected chi connectivity index (χ3v) is 5.45. The number of hydrogen-bond acceptors (Lipinski definition) is 4. The molecule has 1 unspecified atom stereocenters. The summed E-state index contributed by atoms with van der Waals surface area (Å²) in [7, 11) is 0. The number of amides is 1. The van der Waals surface area contributed by atoms with E-state index in [0.29, 0.717) is 31.6 Å². The van der Waals surface area contributed by atoms with Gasteiger partial charge < -0.3 is 9.47 Å². The molecule has 1 spiro atoms. The highest BCUT2D eigenvalue weighted by molar-refractivity contribution is 6.39. The van der Waals surface area contributed by atoms with Crippen molar-refractivity contribution in [3.8, 4) is 0 Å². The van der Waals surface area contributed by atoms with Crippen molar-refractivity contribution in [2.75, 3.05) is 13.2 Å². The molecule has 0 aromatic heterocycles. The highest BCUT2D eigenvalue weighted by Crippen LogP contribution is 2.51. The molecule has 0 bridgehead atoms. The minimum absolute atomic E-state index is 0.484. The number of carbonyl (C=O) groups is 2. The van der Waals surface area contributed by atoms with Crippen molar-refractivity contribution in [3.05, 3.63) is 35.4 Å². The molecular formula is C16H16ClNO4. The molecule has 1 aromatic rings. The van der Waals surface area contributed by atoms with Gasteiger partial charge in [-0.25, -0.2) is 4.79 Å². The predicted molar refractivity (Wildman–Crippen MR) is 78.0 cm³/mol. The Morgan fingerprint density at radius 3 is 2.59 bits per heavy atom. The Bertz CT molecular complexity index is 655. The van der Waals surface area contributed by atoms with Crippen LogP contribution in [0.2, 0.25) is 0 Å². The fourth-order valence-corrected chi connectivity index (χ4v) is 4.38. The summed E-state index contributed by atoms with van der Waals surface area (Å²) in [4.78, 5) is 26.0. The number of halogens is 1. The lowest BCUT2D eigenvalue weighted by Crippen LogP contribution is -2.58. The zero-order valence-electron chi connectivity index (χ0n) is 12.0. The summed E-state index contributed by atoms with van der Waals surface area (Å²) in [6.45, 7) is 1.11. The van der Waals surface area contributed by atoms with Gasteiger partial charge in [0.15, 0.2) is 0 Å². The van der Waals surface area contributed by atoms with Gasteiger partial charge in [0.25, 0.3) is 5.18 Å². The van der Waals surface area contributed by atoms with E-state index < -0.39 is 22.6 Å². The van der Waals surface area contributed by atoms with Crippen molar-refractivity contribution in [2.45, 2.75) is 36.4 Å². The zero-order valence-corrected chi connectivity index (χ0v) is 12.8. The summed E-state index contributed by atoms with van der Waals surface area (Å²) < 4.78 is 10.8. The van der Waals surface area contributed by atoms with E-state index in [0.717, 1.165) is 18.4 Å². The molecule has 1 aromatic carbocycles. The van der Waals surface area contributed by atoms with E-state index in [9.17, 15) is 9.59 Å². The summed E-state index contributed by atoms with van der Waals surface area (Å²) in [5.74, 6) is -1.52. The van der Waals surface area contributed by atoms with Gasteiger partial charge in [-0.1, -0.05) is 24.3 Å². The summed E-state index contributed by atoms with van der Waals surface area (Å²) >= 11 is 6.74. The topological polar surface area (TPSA) is 55.8 Å². The van der Waals surface area contributed by atoms with Crippen LogP contribution in [0.3, 0.4) is 0 Å². The number of benzene rings is 1. The lowest BCUT2D eigenvalue weighted by Gasteiger charge is -2.46. The van der Waals surface area contributed by atoms with Crippen LogP contribution in [0.4, 0.5) is 0 Å². The first-order valence-corrected chi connectivity index (χ1v) is 7.87. The Kier molecular flexibility index (Phi) is 3.00. The first-order chi connectivity index (χ1) is 10.6. The van der Waals surface area contributed by atoms with E-state index in [1.165, 1.54) is 4.90 Å². The maximum Gasteiger partial charge on any atom is 0.400 e. The second kappa shape index (κ2) is 4.70. The number of ether oxygens (including phenoxy) is 2. The monoisotopic (exact) mass is 321 g/mol. The number of fused-ring (bicyclic) bond motifs is 4. The van der Waals surface area contributed by atoms with Crippen LogP contribution < -0.4 is 0 Å². The molecule has 0 aliphatic carbocycles. The van der Waals surface area contributed by atoms with Gasteiger partial charge in [0, 0.05) is 18.8 Å². The van der Waals surface area contributed by atoms with E-state index in [2.05, 4.69) is 0 Å². The third kappa shape index (κ3) is 1.75. The molecule has 0 N–H and O–H groups in total. The Balaban J connectivity index is 1.91. The average molecular weight is 322 g/mol. The molecule has 0 saturated carbocycles. The second-order valence-corrected chi connectivity index (χ2v) is 6.60. The Hall–Kier alpha value is -1.59. The van der Waals surface area contributed by atoms with Gasteiger partial charge in [-0.05, 0) is 42.8 Å². The fraction of sp³-hybridized carbons (Fsp3) is 0.500. The first-order valence-electron chi connectivity index (χ1n) is 7.50. The normalized spacial score (nSPS) is 29.8. The Labute approximate surface area is 133 Å². The van der Waals surface area contributed by atoms with Crippen molar-refractivity contribution >= 4 is 23.5 Å². The largest absolute Gasteiger partial charge is 0.412 e. The van der Waals surface area contributed by atoms with Crippen molar-refractivity contribution in [3.63, 3.8) is 0 Å². The summed E-state index contributed by atoms with van der Waals surface area (Å²) in [6, 6.07) is 7.59. The molecule has 22 heavy (non-hydrogen) atoms. The zero-order chi connectivity index (χ0) is 15.4. The molecule has 3 heterocycles. The van der Waals surface area contributed by atoms with E-state index in [-0.39, 0.29) is 0 Å². The van der Waals surface area contributed by atoms with Gasteiger partial charge in [0.1, 0.15) is 0 Å². The molecule has 5 nitrogen and oxygen atoms in total. The highest BCUT2D eigenvalue weighted by Gasteiger charge is 2.62. The van der Waals surface area contributed by atoms with Crippen molar-refractivity contribution in [1.29, 1.82) is 0 Å². The molecule has 1 amide bonds. The number of carbonyl (C=O) groups excluding carboxylic acids is 2. The maximum absolute atomic E-state index is 12.5. The number of rotatable bonds is 0. The third-order valence-electron chi connectivity index (χ3n) is 5.00. The van der Waals surface area contributed by atoms with Gasteiger partial charge in [0.2, 0.25) is 0 Å². The Morgan fingerprint density at radius 2 is 1.82 bits per heavy atom. The van der Waals surface area contributed by atoms with Gasteiger partial charge in [-0.2, -0.15) is 0 Å². The molecule has 1 atom stereocenters. The molecular weight excluding hydrogens is 306 g/mol. The summed E-state index contributed by atoms with van der Waals surface area (Å²) in [5.41, 5.74) is 1.23. The minimum atomic E-state index is -1.53. The number of nitrogens with zero attached hydrogens (tertiary/aromatic N) is 1. The molecule has 3 aliphatic rings. The van der Waals surface area contributed by atoms with Crippen LogP contribution in [0.5, 0.6) is 0 Å².